The van der Waals surface area contributed by atoms with Gasteiger partial charge in [0.05, 0.1) is 27.4 Å². The molecule has 1 spiro atoms. The van der Waals surface area contributed by atoms with Gasteiger partial charge in [0.25, 0.3) is 0 Å². The van der Waals surface area contributed by atoms with E-state index in [4.69, 9.17) is 18.9 Å². The monoisotopic (exact) mass is 796 g/mol. The summed E-state index contributed by atoms with van der Waals surface area (Å²) >= 11 is 0. The minimum atomic E-state index is -2.31. The minimum absolute atomic E-state index is 0.228. The van der Waals surface area contributed by atoms with Gasteiger partial charge in [-0.25, -0.2) is 9.18 Å². The van der Waals surface area contributed by atoms with E-state index in [1.54, 1.807) is 14.0 Å². The summed E-state index contributed by atoms with van der Waals surface area (Å²) in [6.07, 6.45) is 4.90. The topological polar surface area (TPSA) is 134 Å². The molecule has 4 unspecified atom stereocenters. The van der Waals surface area contributed by atoms with E-state index in [0.29, 0.717) is 68.1 Å². The standard InChI is InChI=1S/C45H53FN4O8/c1-8-42-14-11-16-50-17-15-43(37(42)50)31-19-32(35(55-5)20-34(31)48(4)38(43)45(54,41(53)57-7)39(42)58-26(3)51)44(40(52)56-6)21-27-18-28(25(2)46)23-49(22-27)24-30-29-12-9-10-13-33(29)47-36(30)44/h9-14,18-20,25,27,37-39,47,54H,8,15-17,21-24H2,1-7H3/t25?,27?,37-,38+,39+,42+,43+,44-,45?/m0/s1. The van der Waals surface area contributed by atoms with Gasteiger partial charge in [0.15, 0.2) is 6.10 Å². The van der Waals surface area contributed by atoms with Gasteiger partial charge < -0.3 is 33.9 Å². The Labute approximate surface area is 337 Å². The van der Waals surface area contributed by atoms with E-state index in [-0.39, 0.29) is 18.4 Å². The summed E-state index contributed by atoms with van der Waals surface area (Å²) in [7, 11) is 6.06. The number of H-pyrrole nitrogens is 1. The molecule has 0 amide bonds. The molecule has 2 bridgehead atoms. The number of rotatable bonds is 7. The number of carbonyl (C=O) groups is 3. The summed E-state index contributed by atoms with van der Waals surface area (Å²) in [4.78, 5) is 52.7. The van der Waals surface area contributed by atoms with Gasteiger partial charge in [-0.05, 0) is 67.5 Å². The van der Waals surface area contributed by atoms with Crippen LogP contribution in [0.15, 0.2) is 60.2 Å². The minimum Gasteiger partial charge on any atom is -0.496 e. The van der Waals surface area contributed by atoms with Crippen molar-refractivity contribution in [1.82, 2.24) is 14.8 Å². The maximum Gasteiger partial charge on any atom is 0.344 e. The van der Waals surface area contributed by atoms with E-state index in [9.17, 15) is 14.7 Å². The van der Waals surface area contributed by atoms with Crippen LogP contribution in [-0.4, -0.2) is 122 Å². The number of alkyl halides is 1. The fourth-order valence-electron chi connectivity index (χ4n) is 12.8. The maximum absolute atomic E-state index is 15.2. The van der Waals surface area contributed by atoms with Crippen molar-refractivity contribution in [3.8, 4) is 5.75 Å². The number of nitrogens with one attached hydrogen (secondary N) is 1. The lowest BCUT2D eigenvalue weighted by Gasteiger charge is -2.63. The molecule has 1 aromatic heterocycles. The second-order valence-corrected chi connectivity index (χ2v) is 17.4. The van der Waals surface area contributed by atoms with E-state index in [0.717, 1.165) is 27.7 Å². The number of fused-ring (bicyclic) bond motifs is 6. The molecule has 12 nitrogen and oxygen atoms in total. The van der Waals surface area contributed by atoms with Crippen molar-refractivity contribution in [3.63, 3.8) is 0 Å². The fraction of sp³-hybridized carbons (Fsp3) is 0.533. The number of hydrogen-bond acceptors (Lipinski definition) is 11. The number of likely N-dealkylation sites (N-methyl/N-ethyl adjacent to an activating group) is 1. The van der Waals surface area contributed by atoms with E-state index >= 15 is 9.18 Å². The highest BCUT2D eigenvalue weighted by molar-refractivity contribution is 5.95. The van der Waals surface area contributed by atoms with Crippen molar-refractivity contribution in [2.75, 3.05) is 59.5 Å². The Bertz CT molecular complexity index is 2290. The highest BCUT2D eigenvalue weighted by Gasteiger charge is 2.80. The molecule has 58 heavy (non-hydrogen) atoms. The summed E-state index contributed by atoms with van der Waals surface area (Å²) in [5.74, 6) is -1.79. The van der Waals surface area contributed by atoms with Gasteiger partial charge in [-0.2, -0.15) is 0 Å². The second kappa shape index (κ2) is 13.4. The van der Waals surface area contributed by atoms with Crippen LogP contribution in [0.1, 0.15) is 62.4 Å². The first-order valence-corrected chi connectivity index (χ1v) is 20.4. The molecule has 2 N–H and O–H groups in total. The molecule has 6 heterocycles. The van der Waals surface area contributed by atoms with Crippen molar-refractivity contribution < 1.29 is 42.8 Å². The smallest absolute Gasteiger partial charge is 0.344 e. The molecule has 0 radical (unpaired) electrons. The molecule has 1 saturated carbocycles. The lowest BCUT2D eigenvalue weighted by atomic mass is 9.47. The van der Waals surface area contributed by atoms with Crippen LogP contribution in [0.5, 0.6) is 5.75 Å². The molecule has 13 heteroatoms. The first kappa shape index (κ1) is 38.8. The Hall–Kier alpha value is -4.72. The first-order valence-electron chi connectivity index (χ1n) is 20.4. The largest absolute Gasteiger partial charge is 0.496 e. The zero-order chi connectivity index (χ0) is 41.1. The number of nitrogens with zero attached hydrogens (tertiary/aromatic N) is 3. The number of anilines is 1. The lowest BCUT2D eigenvalue weighted by Crippen LogP contribution is -2.81. The highest BCUT2D eigenvalue weighted by Crippen LogP contribution is 2.68. The van der Waals surface area contributed by atoms with Gasteiger partial charge in [0.2, 0.25) is 5.60 Å². The van der Waals surface area contributed by atoms with Gasteiger partial charge in [-0.15, -0.1) is 0 Å². The molecule has 3 aromatic rings. The molecule has 9 rings (SSSR count). The van der Waals surface area contributed by atoms with Crippen LogP contribution in [0, 0.1) is 11.3 Å². The summed E-state index contributed by atoms with van der Waals surface area (Å²) in [6, 6.07) is 10.7. The predicted octanol–water partition coefficient (Wildman–Crippen LogP) is 4.70. The number of aliphatic hydroxyl groups is 1. The number of esters is 3. The third-order valence-corrected chi connectivity index (χ3v) is 14.8. The van der Waals surface area contributed by atoms with Gasteiger partial charge in [-0.1, -0.05) is 43.4 Å². The number of hydrogen-bond donors (Lipinski definition) is 2. The summed E-state index contributed by atoms with van der Waals surface area (Å²) in [5.41, 5.74) is -0.382. The summed E-state index contributed by atoms with van der Waals surface area (Å²) < 4.78 is 39.0. The van der Waals surface area contributed by atoms with E-state index in [1.807, 2.05) is 67.4 Å². The van der Waals surface area contributed by atoms with Gasteiger partial charge in [0, 0.05) is 90.9 Å². The van der Waals surface area contributed by atoms with Crippen molar-refractivity contribution in [1.29, 1.82) is 0 Å². The average molecular weight is 797 g/mol. The number of aromatic amines is 1. The molecule has 1 saturated heterocycles. The second-order valence-electron chi connectivity index (χ2n) is 17.4. The maximum atomic E-state index is 15.2. The highest BCUT2D eigenvalue weighted by atomic mass is 19.1. The molecule has 5 aliphatic heterocycles. The normalized spacial score (nSPS) is 35.1. The molecule has 2 aromatic carbocycles. The molecule has 6 aliphatic rings. The predicted molar refractivity (Wildman–Crippen MR) is 214 cm³/mol. The number of ether oxygens (including phenoxy) is 4. The summed E-state index contributed by atoms with van der Waals surface area (Å²) in [6.45, 7) is 7.72. The Morgan fingerprint density at radius 3 is 2.50 bits per heavy atom. The third kappa shape index (κ3) is 4.86. The lowest BCUT2D eigenvalue weighted by molar-refractivity contribution is -0.228. The summed E-state index contributed by atoms with van der Waals surface area (Å²) in [5, 5.41) is 14.2. The molecule has 2 fully saturated rings. The third-order valence-electron chi connectivity index (χ3n) is 14.8. The van der Waals surface area contributed by atoms with Crippen molar-refractivity contribution in [2.45, 2.75) is 87.4 Å². The number of methoxy groups -OCH3 is 3. The average Bonchev–Trinajstić information content (AvgIpc) is 3.87. The van der Waals surface area contributed by atoms with Crippen LogP contribution in [-0.2, 0) is 46.0 Å². The van der Waals surface area contributed by atoms with Crippen LogP contribution >= 0.6 is 0 Å². The Balaban J connectivity index is 1.37. The van der Waals surface area contributed by atoms with Gasteiger partial charge in [0.1, 0.15) is 17.3 Å². The molecule has 10 atom stereocenters. The number of halogens is 1. The zero-order valence-corrected chi connectivity index (χ0v) is 34.3. The SMILES string of the molecule is CC[C@]12C=CCN3CC[C@@]4(c5cc([C@@]6(C(=O)OC)CC7C=C(C(C)F)CN(Cc8c6[nH]c6ccccc86)C7)c(OC)cc5N(C)[C@H]4C(O)(C(=O)OC)[C@@H]1OC(C)=O)[C@@H]32. The van der Waals surface area contributed by atoms with Crippen LogP contribution < -0.4 is 9.64 Å². The van der Waals surface area contributed by atoms with Crippen LogP contribution in [0.3, 0.4) is 0 Å². The molecular formula is C45H53FN4O8. The van der Waals surface area contributed by atoms with Crippen LogP contribution in [0.2, 0.25) is 0 Å². The van der Waals surface area contributed by atoms with Crippen molar-refractivity contribution >= 4 is 34.5 Å². The van der Waals surface area contributed by atoms with Crippen LogP contribution in [0.25, 0.3) is 10.9 Å². The van der Waals surface area contributed by atoms with Gasteiger partial charge in [-0.3, -0.25) is 19.4 Å². The van der Waals surface area contributed by atoms with E-state index < -0.39 is 58.1 Å². The van der Waals surface area contributed by atoms with Crippen molar-refractivity contribution in [2.24, 2.45) is 11.3 Å². The quantitative estimate of drug-likeness (QED) is 0.196. The van der Waals surface area contributed by atoms with Gasteiger partial charge >= 0.3 is 17.9 Å². The fourth-order valence-corrected chi connectivity index (χ4v) is 12.8. The Morgan fingerprint density at radius 2 is 1.81 bits per heavy atom. The molecular weight excluding hydrogens is 744 g/mol. The van der Waals surface area contributed by atoms with E-state index in [2.05, 4.69) is 20.9 Å². The first-order chi connectivity index (χ1) is 27.8. The number of aromatic nitrogens is 1. The van der Waals surface area contributed by atoms with E-state index in [1.165, 1.54) is 21.1 Å². The van der Waals surface area contributed by atoms with Crippen molar-refractivity contribution in [3.05, 3.63) is 82.6 Å². The Morgan fingerprint density at radius 1 is 1.05 bits per heavy atom. The molecule has 308 valence electrons. The number of benzene rings is 2. The molecule has 1 aliphatic carbocycles. The Kier molecular flexibility index (Phi) is 8.96. The van der Waals surface area contributed by atoms with Crippen LogP contribution in [0.4, 0.5) is 10.1 Å². The number of para-hydroxylation sites is 1. The number of carbonyl (C=O) groups excluding carboxylic acids is 3. The zero-order valence-electron chi connectivity index (χ0n) is 34.3.